The summed E-state index contributed by atoms with van der Waals surface area (Å²) >= 11 is 0. The predicted molar refractivity (Wildman–Crippen MR) is 46.5 cm³/mol. The standard InChI is InChI=1S/C8H10O3.ClH/c9-8(10)5-1-3-7-4-2-6-11-7;/h2,4,6H,1,3,5H2,(H,9,10);1H. The smallest absolute Gasteiger partial charge is 0.303 e. The average molecular weight is 191 g/mol. The fourth-order valence-electron chi connectivity index (χ4n) is 0.869. The van der Waals surface area contributed by atoms with Crippen LogP contribution in [0.1, 0.15) is 18.6 Å². The Balaban J connectivity index is 0.00000121. The molecule has 1 heterocycles. The number of hydrogen-bond acceptors (Lipinski definition) is 2. The highest BCUT2D eigenvalue weighted by Crippen LogP contribution is 2.04. The van der Waals surface area contributed by atoms with Crippen molar-refractivity contribution in [3.05, 3.63) is 24.2 Å². The third-order valence-corrected chi connectivity index (χ3v) is 1.39. The lowest BCUT2D eigenvalue weighted by molar-refractivity contribution is -0.137. The van der Waals surface area contributed by atoms with Gasteiger partial charge in [-0.3, -0.25) is 4.79 Å². The molecule has 0 bridgehead atoms. The SMILES string of the molecule is Cl.O=C(O)CCCc1ccco1. The van der Waals surface area contributed by atoms with E-state index in [2.05, 4.69) is 0 Å². The van der Waals surface area contributed by atoms with Crippen molar-refractivity contribution in [2.75, 3.05) is 0 Å². The van der Waals surface area contributed by atoms with E-state index in [9.17, 15) is 4.79 Å². The summed E-state index contributed by atoms with van der Waals surface area (Å²) in [6.07, 6.45) is 3.15. The van der Waals surface area contributed by atoms with Gasteiger partial charge in [-0.2, -0.15) is 0 Å². The molecule has 0 aromatic carbocycles. The number of carboxylic acid groups (broad SMARTS) is 1. The highest BCUT2D eigenvalue weighted by Gasteiger charge is 1.98. The molecule has 1 N–H and O–H groups in total. The Bertz CT molecular complexity index is 218. The molecule has 0 radical (unpaired) electrons. The van der Waals surface area contributed by atoms with Gasteiger partial charge in [0.2, 0.25) is 0 Å². The van der Waals surface area contributed by atoms with E-state index >= 15 is 0 Å². The summed E-state index contributed by atoms with van der Waals surface area (Å²) in [6, 6.07) is 3.65. The number of halogens is 1. The minimum Gasteiger partial charge on any atom is -0.481 e. The van der Waals surface area contributed by atoms with Gasteiger partial charge in [0.1, 0.15) is 5.76 Å². The Labute approximate surface area is 76.8 Å². The van der Waals surface area contributed by atoms with Gasteiger partial charge >= 0.3 is 5.97 Å². The Morgan fingerprint density at radius 1 is 1.58 bits per heavy atom. The molecule has 0 fully saturated rings. The lowest BCUT2D eigenvalue weighted by Gasteiger charge is -1.92. The van der Waals surface area contributed by atoms with Crippen molar-refractivity contribution >= 4 is 18.4 Å². The van der Waals surface area contributed by atoms with Crippen LogP contribution in [0.3, 0.4) is 0 Å². The van der Waals surface area contributed by atoms with Crippen LogP contribution in [0.2, 0.25) is 0 Å². The fourth-order valence-corrected chi connectivity index (χ4v) is 0.869. The van der Waals surface area contributed by atoms with Crippen molar-refractivity contribution in [3.8, 4) is 0 Å². The van der Waals surface area contributed by atoms with E-state index in [0.29, 0.717) is 12.8 Å². The van der Waals surface area contributed by atoms with E-state index < -0.39 is 5.97 Å². The Hall–Kier alpha value is -0.960. The van der Waals surface area contributed by atoms with Crippen LogP contribution in [0.4, 0.5) is 0 Å². The summed E-state index contributed by atoms with van der Waals surface area (Å²) in [5.41, 5.74) is 0. The van der Waals surface area contributed by atoms with Crippen molar-refractivity contribution in [3.63, 3.8) is 0 Å². The number of rotatable bonds is 4. The zero-order valence-corrected chi connectivity index (χ0v) is 7.34. The second-order valence-corrected chi connectivity index (χ2v) is 2.33. The molecule has 12 heavy (non-hydrogen) atoms. The molecule has 0 aliphatic carbocycles. The maximum atomic E-state index is 10.1. The first-order valence-corrected chi connectivity index (χ1v) is 3.53. The Kier molecular flexibility index (Phi) is 5.21. The van der Waals surface area contributed by atoms with Crippen molar-refractivity contribution < 1.29 is 14.3 Å². The number of hydrogen-bond donors (Lipinski definition) is 1. The van der Waals surface area contributed by atoms with E-state index in [1.54, 1.807) is 12.3 Å². The van der Waals surface area contributed by atoms with Crippen LogP contribution in [-0.2, 0) is 11.2 Å². The molecule has 0 aliphatic heterocycles. The van der Waals surface area contributed by atoms with Crippen LogP contribution in [-0.4, -0.2) is 11.1 Å². The molecule has 0 spiro atoms. The van der Waals surface area contributed by atoms with Crippen LogP contribution >= 0.6 is 12.4 Å². The molecule has 0 atom stereocenters. The van der Waals surface area contributed by atoms with Gasteiger partial charge in [-0.1, -0.05) is 0 Å². The van der Waals surface area contributed by atoms with Gasteiger partial charge in [0.15, 0.2) is 0 Å². The highest BCUT2D eigenvalue weighted by atomic mass is 35.5. The third-order valence-electron chi connectivity index (χ3n) is 1.39. The fraction of sp³-hybridized carbons (Fsp3) is 0.375. The van der Waals surface area contributed by atoms with E-state index in [1.807, 2.05) is 6.07 Å². The summed E-state index contributed by atoms with van der Waals surface area (Å²) in [5, 5.41) is 8.31. The van der Waals surface area contributed by atoms with Crippen LogP contribution < -0.4 is 0 Å². The summed E-state index contributed by atoms with van der Waals surface area (Å²) in [5.74, 6) is 0.0998. The Morgan fingerprint density at radius 3 is 2.83 bits per heavy atom. The maximum Gasteiger partial charge on any atom is 0.303 e. The molecule has 1 aromatic rings. The summed E-state index contributed by atoms with van der Waals surface area (Å²) < 4.78 is 5.02. The zero-order valence-electron chi connectivity index (χ0n) is 6.53. The molecule has 68 valence electrons. The summed E-state index contributed by atoms with van der Waals surface area (Å²) in [4.78, 5) is 10.1. The van der Waals surface area contributed by atoms with Gasteiger partial charge in [-0.25, -0.2) is 0 Å². The molecular weight excluding hydrogens is 180 g/mol. The third kappa shape index (κ3) is 4.03. The van der Waals surface area contributed by atoms with Crippen LogP contribution in [0.5, 0.6) is 0 Å². The largest absolute Gasteiger partial charge is 0.481 e. The second kappa shape index (κ2) is 5.66. The summed E-state index contributed by atoms with van der Waals surface area (Å²) in [7, 11) is 0. The van der Waals surface area contributed by atoms with E-state index in [0.717, 1.165) is 5.76 Å². The molecule has 1 rings (SSSR count). The molecule has 3 nitrogen and oxygen atoms in total. The summed E-state index contributed by atoms with van der Waals surface area (Å²) in [6.45, 7) is 0. The first kappa shape index (κ1) is 11.0. The maximum absolute atomic E-state index is 10.1. The molecule has 0 unspecified atom stereocenters. The molecular formula is C8H11ClO3. The number of carbonyl (C=O) groups is 1. The highest BCUT2D eigenvalue weighted by molar-refractivity contribution is 5.85. The average Bonchev–Trinajstić information content (AvgIpc) is 2.39. The second-order valence-electron chi connectivity index (χ2n) is 2.33. The van der Waals surface area contributed by atoms with Gasteiger partial charge in [-0.15, -0.1) is 12.4 Å². The van der Waals surface area contributed by atoms with Crippen molar-refractivity contribution in [1.29, 1.82) is 0 Å². The van der Waals surface area contributed by atoms with E-state index in [1.165, 1.54) is 0 Å². The normalized spacial score (nSPS) is 9.00. The monoisotopic (exact) mass is 190 g/mol. The van der Waals surface area contributed by atoms with Crippen molar-refractivity contribution in [2.24, 2.45) is 0 Å². The number of carboxylic acids is 1. The first-order valence-electron chi connectivity index (χ1n) is 3.53. The van der Waals surface area contributed by atoms with Crippen LogP contribution in [0.15, 0.2) is 22.8 Å². The van der Waals surface area contributed by atoms with Crippen LogP contribution in [0.25, 0.3) is 0 Å². The molecule has 4 heteroatoms. The molecule has 1 aromatic heterocycles. The van der Waals surface area contributed by atoms with Gasteiger partial charge < -0.3 is 9.52 Å². The van der Waals surface area contributed by atoms with E-state index in [-0.39, 0.29) is 18.8 Å². The predicted octanol–water partition coefficient (Wildman–Crippen LogP) is 2.11. The van der Waals surface area contributed by atoms with Gasteiger partial charge in [0.05, 0.1) is 6.26 Å². The van der Waals surface area contributed by atoms with Gasteiger partial charge in [0.25, 0.3) is 0 Å². The van der Waals surface area contributed by atoms with Crippen molar-refractivity contribution in [2.45, 2.75) is 19.3 Å². The molecule has 0 amide bonds. The lowest BCUT2D eigenvalue weighted by Crippen LogP contribution is -1.94. The topological polar surface area (TPSA) is 50.4 Å². The molecule has 0 saturated carbocycles. The number of furan rings is 1. The molecule has 0 saturated heterocycles. The number of aliphatic carboxylic acids is 1. The van der Waals surface area contributed by atoms with Crippen LogP contribution in [0, 0.1) is 0 Å². The Morgan fingerprint density at radius 2 is 2.33 bits per heavy atom. The van der Waals surface area contributed by atoms with Gasteiger partial charge in [0, 0.05) is 12.8 Å². The van der Waals surface area contributed by atoms with Gasteiger partial charge in [-0.05, 0) is 18.6 Å². The lowest BCUT2D eigenvalue weighted by atomic mass is 10.2. The first-order chi connectivity index (χ1) is 5.29. The molecule has 0 aliphatic rings. The minimum atomic E-state index is -0.753. The van der Waals surface area contributed by atoms with E-state index in [4.69, 9.17) is 9.52 Å². The quantitative estimate of drug-likeness (QED) is 0.791. The minimum absolute atomic E-state index is 0. The zero-order chi connectivity index (χ0) is 8.10. The van der Waals surface area contributed by atoms with Crippen molar-refractivity contribution in [1.82, 2.24) is 0 Å². The number of aryl methyl sites for hydroxylation is 1.